The molecule has 0 amide bonds. The first kappa shape index (κ1) is 22.5. The second-order valence-electron chi connectivity index (χ2n) is 13.7. The van der Waals surface area contributed by atoms with E-state index in [1.54, 1.807) is 0 Å². The van der Waals surface area contributed by atoms with Crippen molar-refractivity contribution in [2.75, 3.05) is 13.1 Å². The largest absolute Gasteiger partial charge is 0.389 e. The summed E-state index contributed by atoms with van der Waals surface area (Å²) in [5.74, 6) is 1.25. The molecule has 1 aromatic carbocycles. The molecule has 2 saturated carbocycles. The highest BCUT2D eigenvalue weighted by atomic mass is 16.5. The Morgan fingerprint density at radius 3 is 2.76 bits per heavy atom. The summed E-state index contributed by atoms with van der Waals surface area (Å²) in [4.78, 5) is 6.65. The zero-order chi connectivity index (χ0) is 25.5. The van der Waals surface area contributed by atoms with Crippen molar-refractivity contribution in [2.45, 2.75) is 80.3 Å². The fourth-order valence-corrected chi connectivity index (χ4v) is 10.3. The minimum Gasteiger partial charge on any atom is -0.389 e. The first-order chi connectivity index (χ1) is 18.4. The van der Waals surface area contributed by atoms with Crippen LogP contribution < -0.4 is 0 Å². The second-order valence-corrected chi connectivity index (χ2v) is 13.7. The van der Waals surface area contributed by atoms with Gasteiger partial charge < -0.3 is 14.9 Å². The van der Waals surface area contributed by atoms with Crippen LogP contribution in [-0.2, 0) is 10.2 Å². The number of pyridine rings is 1. The fourth-order valence-electron chi connectivity index (χ4n) is 10.3. The number of aromatic nitrogens is 1. The van der Waals surface area contributed by atoms with Crippen molar-refractivity contribution in [1.82, 2.24) is 9.88 Å². The molecule has 2 spiro atoms. The van der Waals surface area contributed by atoms with E-state index in [4.69, 9.17) is 4.74 Å². The number of likely N-dealkylation sites (tertiary alicyclic amines) is 1. The Hall–Kier alpha value is -2.31. The highest BCUT2D eigenvalue weighted by molar-refractivity contribution is 5.82. The standard InChI is InChI=1S/C33H36N2O3/c1-30-8-6-24-13-22-4-5-26(35-18-27(36)28(37)19-35)16-31(22)9-10-33(24,38-31)29(30)14-25-15-32(25,30)23-3-2-20-7-11-34-17-21(20)12-23/h2-7,11-13,17,25-29,36-37H,8-10,14-16,18-19H2,1H3/t25-,26+,27-,28-,29+,30-,31+,32-,33?/m0/s1. The van der Waals surface area contributed by atoms with Crippen molar-refractivity contribution in [3.8, 4) is 0 Å². The number of benzene rings is 1. The molecular formula is C33H36N2O3. The number of rotatable bonds is 2. The molecule has 4 heterocycles. The van der Waals surface area contributed by atoms with Gasteiger partial charge in [0.05, 0.1) is 23.4 Å². The van der Waals surface area contributed by atoms with Crippen LogP contribution in [0, 0.1) is 17.3 Å². The molecule has 1 aromatic heterocycles. The molecule has 1 unspecified atom stereocenters. The number of nitrogens with zero attached hydrogens (tertiary/aromatic N) is 2. The van der Waals surface area contributed by atoms with E-state index in [0.717, 1.165) is 31.6 Å². The van der Waals surface area contributed by atoms with Crippen LogP contribution >= 0.6 is 0 Å². The van der Waals surface area contributed by atoms with Gasteiger partial charge in [-0.2, -0.15) is 0 Å². The molecule has 5 nitrogen and oxygen atoms in total. The number of ether oxygens (including phenoxy) is 1. The van der Waals surface area contributed by atoms with Crippen molar-refractivity contribution in [3.63, 3.8) is 0 Å². The maximum atomic E-state index is 10.2. The monoisotopic (exact) mass is 508 g/mol. The molecule has 38 heavy (non-hydrogen) atoms. The van der Waals surface area contributed by atoms with Crippen LogP contribution in [0.25, 0.3) is 10.8 Å². The third-order valence-corrected chi connectivity index (χ3v) is 12.3. The lowest BCUT2D eigenvalue weighted by molar-refractivity contribution is -0.137. The van der Waals surface area contributed by atoms with Gasteiger partial charge in [-0.1, -0.05) is 43.4 Å². The molecule has 2 saturated heterocycles. The first-order valence-electron chi connectivity index (χ1n) is 14.6. The minimum absolute atomic E-state index is 0.182. The van der Waals surface area contributed by atoms with E-state index in [1.165, 1.54) is 40.3 Å². The summed E-state index contributed by atoms with van der Waals surface area (Å²) in [6, 6.07) is 9.44. The third-order valence-electron chi connectivity index (χ3n) is 12.3. The number of fused-ring (bicyclic) bond motifs is 4. The number of hydrogen-bond donors (Lipinski definition) is 2. The molecule has 4 aliphatic carbocycles. The van der Waals surface area contributed by atoms with Crippen molar-refractivity contribution < 1.29 is 14.9 Å². The van der Waals surface area contributed by atoms with E-state index in [1.807, 2.05) is 12.4 Å². The van der Waals surface area contributed by atoms with Crippen molar-refractivity contribution in [2.24, 2.45) is 17.3 Å². The van der Waals surface area contributed by atoms with E-state index in [-0.39, 0.29) is 28.1 Å². The summed E-state index contributed by atoms with van der Waals surface area (Å²) >= 11 is 0. The maximum Gasteiger partial charge on any atom is 0.0975 e. The zero-order valence-electron chi connectivity index (χ0n) is 22.0. The van der Waals surface area contributed by atoms with Crippen molar-refractivity contribution >= 4 is 10.8 Å². The van der Waals surface area contributed by atoms with Crippen LogP contribution in [0.2, 0.25) is 0 Å². The lowest BCUT2D eigenvalue weighted by Gasteiger charge is -2.55. The Balaban J connectivity index is 1.09. The predicted molar refractivity (Wildman–Crippen MR) is 145 cm³/mol. The molecule has 9 atom stereocenters. The van der Waals surface area contributed by atoms with Gasteiger partial charge in [-0.3, -0.25) is 9.88 Å². The molecule has 0 radical (unpaired) electrons. The van der Waals surface area contributed by atoms with Crippen LogP contribution in [-0.4, -0.2) is 62.6 Å². The van der Waals surface area contributed by atoms with Crippen LogP contribution in [0.4, 0.5) is 0 Å². The molecule has 2 aromatic rings. The SMILES string of the molecule is C[C@]12CC=C3C=C4C=C[C@@H](N5C[C@H](O)[C@@H](O)C5)C[C@]45CCC3(O5)[C@@H]1C[C@H]1C[C@]12c1ccc2ccncc2c1. The summed E-state index contributed by atoms with van der Waals surface area (Å²) in [5, 5.41) is 22.9. The number of aliphatic hydroxyl groups excluding tert-OH is 2. The van der Waals surface area contributed by atoms with Crippen LogP contribution in [0.5, 0.6) is 0 Å². The molecule has 5 heteroatoms. The minimum atomic E-state index is -0.652. The zero-order valence-corrected chi connectivity index (χ0v) is 22.0. The Morgan fingerprint density at radius 1 is 1.03 bits per heavy atom. The van der Waals surface area contributed by atoms with Crippen LogP contribution in [0.3, 0.4) is 0 Å². The van der Waals surface area contributed by atoms with Gasteiger partial charge in [0.25, 0.3) is 0 Å². The Morgan fingerprint density at radius 2 is 1.89 bits per heavy atom. The van der Waals surface area contributed by atoms with E-state index in [0.29, 0.717) is 19.0 Å². The predicted octanol–water partition coefficient (Wildman–Crippen LogP) is 4.44. The molecule has 2 bridgehead atoms. The normalized spacial score (nSPS) is 48.2. The van der Waals surface area contributed by atoms with Gasteiger partial charge in [0, 0.05) is 42.3 Å². The maximum absolute atomic E-state index is 10.2. The van der Waals surface area contributed by atoms with E-state index in [9.17, 15) is 10.2 Å². The van der Waals surface area contributed by atoms with Crippen LogP contribution in [0.1, 0.15) is 51.0 Å². The van der Waals surface area contributed by atoms with Gasteiger partial charge >= 0.3 is 0 Å². The molecule has 196 valence electrons. The Labute approximate surface area is 223 Å². The number of aliphatic hydroxyl groups is 2. The molecule has 3 aliphatic heterocycles. The summed E-state index contributed by atoms with van der Waals surface area (Å²) in [6.45, 7) is 3.64. The average molecular weight is 509 g/mol. The van der Waals surface area contributed by atoms with E-state index >= 15 is 0 Å². The lowest BCUT2D eigenvalue weighted by atomic mass is 9.55. The van der Waals surface area contributed by atoms with E-state index < -0.39 is 12.2 Å². The molecule has 9 rings (SSSR count). The second kappa shape index (κ2) is 7.06. The molecule has 2 N–H and O–H groups in total. The van der Waals surface area contributed by atoms with E-state index in [2.05, 4.69) is 65.4 Å². The summed E-state index contributed by atoms with van der Waals surface area (Å²) in [7, 11) is 0. The molecule has 4 fully saturated rings. The Bertz CT molecular complexity index is 1470. The van der Waals surface area contributed by atoms with Crippen LogP contribution in [0.15, 0.2) is 72.1 Å². The Kier molecular flexibility index (Phi) is 4.18. The summed E-state index contributed by atoms with van der Waals surface area (Å²) in [5.41, 5.74) is 4.25. The quantitative estimate of drug-likeness (QED) is 0.628. The summed E-state index contributed by atoms with van der Waals surface area (Å²) < 4.78 is 7.47. The third kappa shape index (κ3) is 2.56. The number of allylic oxidation sites excluding steroid dienone is 1. The van der Waals surface area contributed by atoms with Gasteiger partial charge in [-0.05, 0) is 90.0 Å². The number of β-amino-alcohol motifs (C(OH)–C–C–N with tert-alkyl or cyclic N) is 2. The smallest absolute Gasteiger partial charge is 0.0975 e. The molecular weight excluding hydrogens is 472 g/mol. The van der Waals surface area contributed by atoms with Gasteiger partial charge in [0.1, 0.15) is 0 Å². The van der Waals surface area contributed by atoms with Gasteiger partial charge in [-0.25, -0.2) is 0 Å². The van der Waals surface area contributed by atoms with Crippen molar-refractivity contribution in [1.29, 1.82) is 0 Å². The fraction of sp³-hybridized carbons (Fsp3) is 0.545. The van der Waals surface area contributed by atoms with Gasteiger partial charge in [0.2, 0.25) is 0 Å². The highest BCUT2D eigenvalue weighted by Gasteiger charge is 2.78. The topological polar surface area (TPSA) is 65.8 Å². The highest BCUT2D eigenvalue weighted by Crippen LogP contribution is 2.80. The lowest BCUT2D eigenvalue weighted by Crippen LogP contribution is -2.56. The van der Waals surface area contributed by atoms with Gasteiger partial charge in [-0.15, -0.1) is 0 Å². The average Bonchev–Trinajstić information content (AvgIpc) is 3.35. The van der Waals surface area contributed by atoms with Crippen molar-refractivity contribution in [3.05, 3.63) is 77.7 Å². The van der Waals surface area contributed by atoms with Gasteiger partial charge in [0.15, 0.2) is 0 Å². The molecule has 7 aliphatic rings. The summed E-state index contributed by atoms with van der Waals surface area (Å²) in [6.07, 6.45) is 18.9. The first-order valence-corrected chi connectivity index (χ1v) is 14.6. The number of hydrogen-bond acceptors (Lipinski definition) is 5.